The van der Waals surface area contributed by atoms with E-state index in [-0.39, 0.29) is 22.7 Å². The minimum absolute atomic E-state index is 0.0345. The number of fused-ring (bicyclic) bond motifs is 7. The van der Waals surface area contributed by atoms with Crippen LogP contribution < -0.4 is 0 Å². The summed E-state index contributed by atoms with van der Waals surface area (Å²) < 4.78 is 5.99. The van der Waals surface area contributed by atoms with Crippen molar-refractivity contribution in [3.05, 3.63) is 11.6 Å². The van der Waals surface area contributed by atoms with Gasteiger partial charge in [-0.2, -0.15) is 0 Å². The van der Waals surface area contributed by atoms with Crippen LogP contribution in [0.1, 0.15) is 65.7 Å². The van der Waals surface area contributed by atoms with Gasteiger partial charge in [0.15, 0.2) is 17.2 Å². The van der Waals surface area contributed by atoms with Crippen LogP contribution in [0.3, 0.4) is 0 Å². The fourth-order valence-corrected chi connectivity index (χ4v) is 7.62. The quantitative estimate of drug-likeness (QED) is 0.687. The Morgan fingerprint density at radius 3 is 2.71 bits per heavy atom. The second-order valence-corrected chi connectivity index (χ2v) is 9.56. The monoisotopic (exact) mass is 328 g/mol. The Hall–Kier alpha value is -0.960. The number of allylic oxidation sites excluding steroid dienone is 1. The number of Topliss-reactive ketones (excluding diaryl/α,β-unsaturated/α-hetero) is 1. The molecule has 7 atom stereocenters. The van der Waals surface area contributed by atoms with E-state index >= 15 is 0 Å². The van der Waals surface area contributed by atoms with Gasteiger partial charge in [0.2, 0.25) is 0 Å². The van der Waals surface area contributed by atoms with Crippen LogP contribution in [0.15, 0.2) is 11.6 Å². The maximum absolute atomic E-state index is 12.4. The molecular formula is C21H28O3. The first-order valence-corrected chi connectivity index (χ1v) is 9.76. The van der Waals surface area contributed by atoms with E-state index in [1.165, 1.54) is 18.4 Å². The number of hydrogen-bond acceptors (Lipinski definition) is 3. The molecule has 0 aromatic rings. The lowest BCUT2D eigenvalue weighted by molar-refractivity contribution is -0.136. The second kappa shape index (κ2) is 4.41. The van der Waals surface area contributed by atoms with Gasteiger partial charge in [-0.15, -0.1) is 0 Å². The SMILES string of the molecule is CC(=O)[C@@]12O[C@H]1C[C@@H]1[C@@H]3CCC4=CC(=O)CC[C@]4(C)[C@H]3CC[C@@]12C. The molecule has 0 aromatic carbocycles. The van der Waals surface area contributed by atoms with Crippen molar-refractivity contribution >= 4 is 11.6 Å². The highest BCUT2D eigenvalue weighted by molar-refractivity contribution is 5.92. The molecule has 0 aromatic heterocycles. The number of carbonyl (C=O) groups is 2. The zero-order valence-corrected chi connectivity index (χ0v) is 15.1. The fourth-order valence-electron chi connectivity index (χ4n) is 7.62. The standard InChI is InChI=1S/C21H28O3/c1-12(22)21-18(24-21)11-17-15-5-4-13-10-14(23)6-8-19(13,2)16(15)7-9-20(17,21)3/h10,15-18H,4-9,11H2,1-3H3/t15-,16+,17-,18+,19+,20+,21-/m1/s1. The Morgan fingerprint density at radius 2 is 1.96 bits per heavy atom. The first-order valence-electron chi connectivity index (χ1n) is 9.76. The van der Waals surface area contributed by atoms with Crippen LogP contribution >= 0.6 is 0 Å². The lowest BCUT2D eigenvalue weighted by atomic mass is 9.46. The van der Waals surface area contributed by atoms with Gasteiger partial charge in [-0.3, -0.25) is 9.59 Å². The van der Waals surface area contributed by atoms with E-state index in [4.69, 9.17) is 4.74 Å². The molecular weight excluding hydrogens is 300 g/mol. The van der Waals surface area contributed by atoms with Crippen molar-refractivity contribution in [2.75, 3.05) is 0 Å². The molecule has 1 heterocycles. The maximum atomic E-state index is 12.4. The number of ether oxygens (including phenoxy) is 1. The van der Waals surface area contributed by atoms with Gasteiger partial charge in [0.1, 0.15) is 0 Å². The van der Waals surface area contributed by atoms with Crippen LogP contribution in [-0.2, 0) is 14.3 Å². The van der Waals surface area contributed by atoms with Crippen LogP contribution in [0.2, 0.25) is 0 Å². The minimum atomic E-state index is -0.456. The second-order valence-electron chi connectivity index (χ2n) is 9.56. The summed E-state index contributed by atoms with van der Waals surface area (Å²) in [5.74, 6) is 2.58. The summed E-state index contributed by atoms with van der Waals surface area (Å²) in [7, 11) is 0. The summed E-state index contributed by atoms with van der Waals surface area (Å²) >= 11 is 0. The maximum Gasteiger partial charge on any atom is 0.164 e. The number of rotatable bonds is 1. The Morgan fingerprint density at radius 1 is 1.17 bits per heavy atom. The molecule has 4 fully saturated rings. The van der Waals surface area contributed by atoms with Crippen LogP contribution in [0.4, 0.5) is 0 Å². The van der Waals surface area contributed by atoms with Crippen LogP contribution in [-0.4, -0.2) is 23.3 Å². The molecule has 1 saturated heterocycles. The number of epoxide rings is 1. The highest BCUT2D eigenvalue weighted by atomic mass is 16.6. The minimum Gasteiger partial charge on any atom is -0.357 e. The zero-order valence-electron chi connectivity index (χ0n) is 15.1. The fraction of sp³-hybridized carbons (Fsp3) is 0.810. The Bertz CT molecular complexity index is 679. The van der Waals surface area contributed by atoms with E-state index in [2.05, 4.69) is 13.8 Å². The Balaban J connectivity index is 1.52. The number of ketones is 2. The number of hydrogen-bond donors (Lipinski definition) is 0. The molecule has 3 saturated carbocycles. The van der Waals surface area contributed by atoms with Crippen LogP contribution in [0, 0.1) is 28.6 Å². The van der Waals surface area contributed by atoms with Crippen molar-refractivity contribution < 1.29 is 14.3 Å². The van der Waals surface area contributed by atoms with E-state index < -0.39 is 5.60 Å². The molecule has 3 nitrogen and oxygen atoms in total. The normalized spacial score (nSPS) is 55.0. The molecule has 0 amide bonds. The summed E-state index contributed by atoms with van der Waals surface area (Å²) in [5, 5.41) is 0. The van der Waals surface area contributed by atoms with E-state index in [0.717, 1.165) is 25.7 Å². The summed E-state index contributed by atoms with van der Waals surface area (Å²) in [6, 6.07) is 0. The molecule has 4 aliphatic carbocycles. The third kappa shape index (κ3) is 1.54. The predicted octanol–water partition coefficient (Wildman–Crippen LogP) is 3.85. The topological polar surface area (TPSA) is 46.7 Å². The van der Waals surface area contributed by atoms with Gasteiger partial charge in [0.25, 0.3) is 0 Å². The highest BCUT2D eigenvalue weighted by Gasteiger charge is 2.79. The van der Waals surface area contributed by atoms with Crippen LogP contribution in [0.25, 0.3) is 0 Å². The molecule has 1 aliphatic heterocycles. The van der Waals surface area contributed by atoms with Gasteiger partial charge in [-0.05, 0) is 74.7 Å². The smallest absolute Gasteiger partial charge is 0.164 e. The average molecular weight is 328 g/mol. The molecule has 0 radical (unpaired) electrons. The summed E-state index contributed by atoms with van der Waals surface area (Å²) in [5.41, 5.74) is 1.22. The van der Waals surface area contributed by atoms with Gasteiger partial charge in [0.05, 0.1) is 6.10 Å². The van der Waals surface area contributed by atoms with Crippen molar-refractivity contribution in [1.82, 2.24) is 0 Å². The first kappa shape index (κ1) is 15.3. The Labute approximate surface area is 144 Å². The van der Waals surface area contributed by atoms with Crippen molar-refractivity contribution in [3.63, 3.8) is 0 Å². The predicted molar refractivity (Wildman–Crippen MR) is 90.4 cm³/mol. The average Bonchev–Trinajstić information content (AvgIpc) is 3.21. The van der Waals surface area contributed by atoms with Gasteiger partial charge in [-0.25, -0.2) is 0 Å². The van der Waals surface area contributed by atoms with E-state index in [1.807, 2.05) is 6.08 Å². The van der Waals surface area contributed by atoms with Crippen molar-refractivity contribution in [2.45, 2.75) is 77.4 Å². The molecule has 24 heavy (non-hydrogen) atoms. The van der Waals surface area contributed by atoms with Crippen LogP contribution in [0.5, 0.6) is 0 Å². The molecule has 0 unspecified atom stereocenters. The molecule has 5 aliphatic rings. The molecule has 5 rings (SSSR count). The third-order valence-electron chi connectivity index (χ3n) is 8.92. The highest BCUT2D eigenvalue weighted by Crippen LogP contribution is 2.73. The van der Waals surface area contributed by atoms with E-state index in [1.54, 1.807) is 6.92 Å². The molecule has 3 heteroatoms. The van der Waals surface area contributed by atoms with Gasteiger partial charge in [-0.1, -0.05) is 19.4 Å². The van der Waals surface area contributed by atoms with Gasteiger partial charge >= 0.3 is 0 Å². The zero-order chi connectivity index (χ0) is 16.9. The largest absolute Gasteiger partial charge is 0.357 e. The third-order valence-corrected chi connectivity index (χ3v) is 8.92. The molecule has 0 bridgehead atoms. The van der Waals surface area contributed by atoms with Crippen molar-refractivity contribution in [2.24, 2.45) is 28.6 Å². The first-order chi connectivity index (χ1) is 11.3. The summed E-state index contributed by atoms with van der Waals surface area (Å²) in [6.45, 7) is 6.48. The summed E-state index contributed by atoms with van der Waals surface area (Å²) in [6.07, 6.45) is 9.53. The van der Waals surface area contributed by atoms with Gasteiger partial charge in [0, 0.05) is 11.8 Å². The lowest BCUT2D eigenvalue weighted by Crippen LogP contribution is -2.54. The van der Waals surface area contributed by atoms with Gasteiger partial charge < -0.3 is 4.74 Å². The Kier molecular flexibility index (Phi) is 2.81. The molecule has 0 N–H and O–H groups in total. The van der Waals surface area contributed by atoms with Crippen molar-refractivity contribution in [1.29, 1.82) is 0 Å². The van der Waals surface area contributed by atoms with E-state index in [9.17, 15) is 9.59 Å². The lowest BCUT2D eigenvalue weighted by Gasteiger charge is -2.58. The molecule has 0 spiro atoms. The number of carbonyl (C=O) groups excluding carboxylic acids is 2. The molecule has 130 valence electrons. The van der Waals surface area contributed by atoms with E-state index in [0.29, 0.717) is 30.0 Å². The summed E-state index contributed by atoms with van der Waals surface area (Å²) in [4.78, 5) is 24.3. The van der Waals surface area contributed by atoms with Crippen molar-refractivity contribution in [3.8, 4) is 0 Å².